The normalized spacial score (nSPS) is 28.1. The van der Waals surface area contributed by atoms with Crippen LogP contribution in [0.2, 0.25) is 0 Å². The molecule has 0 spiro atoms. The molecule has 0 amide bonds. The van der Waals surface area contributed by atoms with E-state index in [0.717, 1.165) is 6.54 Å². The van der Waals surface area contributed by atoms with Gasteiger partial charge in [0.15, 0.2) is 0 Å². The average Bonchev–Trinajstić information content (AvgIpc) is 2.37. The van der Waals surface area contributed by atoms with E-state index in [4.69, 9.17) is 5.73 Å². The summed E-state index contributed by atoms with van der Waals surface area (Å²) in [5, 5.41) is 0. The fourth-order valence-corrected chi connectivity index (χ4v) is 3.60. The van der Waals surface area contributed by atoms with Crippen molar-refractivity contribution in [2.75, 3.05) is 6.54 Å². The van der Waals surface area contributed by atoms with Gasteiger partial charge in [-0.05, 0) is 33.2 Å². The molecule has 0 radical (unpaired) electrons. The van der Waals surface area contributed by atoms with E-state index in [-0.39, 0.29) is 0 Å². The van der Waals surface area contributed by atoms with Gasteiger partial charge in [0.25, 0.3) is 0 Å². The second-order valence-corrected chi connectivity index (χ2v) is 6.56. The number of rotatable bonds is 3. The van der Waals surface area contributed by atoms with Crippen LogP contribution < -0.4 is 5.73 Å². The standard InChI is InChI=1S/C17H36N2/c1-4-19(15(2)3)17-14-12-10-8-6-5-7-9-11-13-16(17)18/h15-17H,4-14,18H2,1-3H3. The first-order chi connectivity index (χ1) is 9.16. The third-order valence-corrected chi connectivity index (χ3v) is 4.74. The highest BCUT2D eigenvalue weighted by Crippen LogP contribution is 2.21. The van der Waals surface area contributed by atoms with Gasteiger partial charge in [0.05, 0.1) is 0 Å². The Morgan fingerprint density at radius 2 is 1.37 bits per heavy atom. The van der Waals surface area contributed by atoms with Crippen molar-refractivity contribution in [3.05, 3.63) is 0 Å². The number of hydrogen-bond acceptors (Lipinski definition) is 2. The number of likely N-dealkylation sites (N-methyl/N-ethyl adjacent to an activating group) is 1. The predicted molar refractivity (Wildman–Crippen MR) is 85.4 cm³/mol. The molecule has 2 nitrogen and oxygen atoms in total. The third kappa shape index (κ3) is 6.27. The first kappa shape index (κ1) is 17.0. The molecule has 1 rings (SSSR count). The molecule has 0 bridgehead atoms. The van der Waals surface area contributed by atoms with Crippen LogP contribution in [0.15, 0.2) is 0 Å². The second kappa shape index (κ2) is 9.77. The topological polar surface area (TPSA) is 29.3 Å². The van der Waals surface area contributed by atoms with Crippen molar-refractivity contribution in [1.82, 2.24) is 4.90 Å². The summed E-state index contributed by atoms with van der Waals surface area (Å²) in [6, 6.07) is 1.60. The van der Waals surface area contributed by atoms with E-state index in [2.05, 4.69) is 25.7 Å². The summed E-state index contributed by atoms with van der Waals surface area (Å²) in [7, 11) is 0. The molecular formula is C17H36N2. The molecule has 0 aromatic carbocycles. The molecule has 2 heteroatoms. The van der Waals surface area contributed by atoms with Crippen LogP contribution in [-0.4, -0.2) is 29.6 Å². The first-order valence-corrected chi connectivity index (χ1v) is 8.68. The Hall–Kier alpha value is -0.0800. The zero-order chi connectivity index (χ0) is 14.1. The SMILES string of the molecule is CCN(C(C)C)C1CCCCCCCCCCC1N. The summed E-state index contributed by atoms with van der Waals surface area (Å²) in [6.07, 6.45) is 13.7. The van der Waals surface area contributed by atoms with Gasteiger partial charge >= 0.3 is 0 Å². The van der Waals surface area contributed by atoms with Crippen molar-refractivity contribution in [2.24, 2.45) is 5.73 Å². The summed E-state index contributed by atoms with van der Waals surface area (Å²) in [5.41, 5.74) is 6.53. The lowest BCUT2D eigenvalue weighted by Crippen LogP contribution is -2.50. The second-order valence-electron chi connectivity index (χ2n) is 6.56. The monoisotopic (exact) mass is 268 g/mol. The number of nitrogens with zero attached hydrogens (tertiary/aromatic N) is 1. The summed E-state index contributed by atoms with van der Waals surface area (Å²) in [5.74, 6) is 0. The van der Waals surface area contributed by atoms with E-state index in [0.29, 0.717) is 18.1 Å². The minimum atomic E-state index is 0.377. The third-order valence-electron chi connectivity index (χ3n) is 4.74. The van der Waals surface area contributed by atoms with Gasteiger partial charge in [0.2, 0.25) is 0 Å². The van der Waals surface area contributed by atoms with Crippen LogP contribution in [0.3, 0.4) is 0 Å². The molecule has 1 fully saturated rings. The van der Waals surface area contributed by atoms with Crippen LogP contribution in [-0.2, 0) is 0 Å². The smallest absolute Gasteiger partial charge is 0.0249 e. The summed E-state index contributed by atoms with van der Waals surface area (Å²) in [4.78, 5) is 2.62. The maximum atomic E-state index is 6.53. The Bertz CT molecular complexity index is 215. The molecule has 2 unspecified atom stereocenters. The average molecular weight is 268 g/mol. The van der Waals surface area contributed by atoms with Crippen molar-refractivity contribution in [3.63, 3.8) is 0 Å². The maximum absolute atomic E-state index is 6.53. The minimum absolute atomic E-state index is 0.377. The molecule has 1 saturated carbocycles. The Kier molecular flexibility index (Phi) is 8.72. The molecule has 1 aliphatic rings. The zero-order valence-corrected chi connectivity index (χ0v) is 13.5. The van der Waals surface area contributed by atoms with Crippen LogP contribution in [0.1, 0.15) is 85.0 Å². The van der Waals surface area contributed by atoms with Crippen molar-refractivity contribution in [1.29, 1.82) is 0 Å². The van der Waals surface area contributed by atoms with Gasteiger partial charge < -0.3 is 5.73 Å². The molecule has 0 aliphatic heterocycles. The quantitative estimate of drug-likeness (QED) is 0.825. The van der Waals surface area contributed by atoms with Gasteiger partial charge in [-0.25, -0.2) is 0 Å². The van der Waals surface area contributed by atoms with E-state index in [1.165, 1.54) is 64.2 Å². The lowest BCUT2D eigenvalue weighted by atomic mass is 9.93. The van der Waals surface area contributed by atoms with Crippen LogP contribution in [0, 0.1) is 0 Å². The van der Waals surface area contributed by atoms with E-state index < -0.39 is 0 Å². The van der Waals surface area contributed by atoms with Crippen LogP contribution in [0.25, 0.3) is 0 Å². The van der Waals surface area contributed by atoms with E-state index in [9.17, 15) is 0 Å². The lowest BCUT2D eigenvalue weighted by molar-refractivity contribution is 0.124. The highest BCUT2D eigenvalue weighted by atomic mass is 15.2. The van der Waals surface area contributed by atoms with Gasteiger partial charge in [-0.2, -0.15) is 0 Å². The summed E-state index contributed by atoms with van der Waals surface area (Å²) < 4.78 is 0. The molecule has 114 valence electrons. The van der Waals surface area contributed by atoms with Crippen molar-refractivity contribution in [2.45, 2.75) is 103 Å². The fourth-order valence-electron chi connectivity index (χ4n) is 3.60. The van der Waals surface area contributed by atoms with Crippen LogP contribution in [0.5, 0.6) is 0 Å². The van der Waals surface area contributed by atoms with E-state index in [1.807, 2.05) is 0 Å². The molecule has 1 aliphatic carbocycles. The van der Waals surface area contributed by atoms with Crippen molar-refractivity contribution in [3.8, 4) is 0 Å². The summed E-state index contributed by atoms with van der Waals surface area (Å²) >= 11 is 0. The van der Waals surface area contributed by atoms with E-state index >= 15 is 0 Å². The minimum Gasteiger partial charge on any atom is -0.326 e. The van der Waals surface area contributed by atoms with Crippen LogP contribution in [0.4, 0.5) is 0 Å². The highest BCUT2D eigenvalue weighted by molar-refractivity contribution is 4.84. The maximum Gasteiger partial charge on any atom is 0.0249 e. The molecule has 0 heterocycles. The Morgan fingerprint density at radius 3 is 1.84 bits per heavy atom. The largest absolute Gasteiger partial charge is 0.326 e. The predicted octanol–water partition coefficient (Wildman–Crippen LogP) is 4.33. The van der Waals surface area contributed by atoms with E-state index in [1.54, 1.807) is 0 Å². The van der Waals surface area contributed by atoms with Gasteiger partial charge in [-0.3, -0.25) is 4.90 Å². The first-order valence-electron chi connectivity index (χ1n) is 8.68. The van der Waals surface area contributed by atoms with Gasteiger partial charge in [0, 0.05) is 18.1 Å². The molecular weight excluding hydrogens is 232 g/mol. The Morgan fingerprint density at radius 1 is 0.895 bits per heavy atom. The molecule has 0 aromatic rings. The molecule has 2 N–H and O–H groups in total. The van der Waals surface area contributed by atoms with Crippen molar-refractivity contribution >= 4 is 0 Å². The van der Waals surface area contributed by atoms with Gasteiger partial charge in [-0.1, -0.05) is 58.3 Å². The Balaban J connectivity index is 2.59. The van der Waals surface area contributed by atoms with Crippen LogP contribution >= 0.6 is 0 Å². The van der Waals surface area contributed by atoms with Gasteiger partial charge in [-0.15, -0.1) is 0 Å². The van der Waals surface area contributed by atoms with Crippen molar-refractivity contribution < 1.29 is 0 Å². The highest BCUT2D eigenvalue weighted by Gasteiger charge is 2.25. The zero-order valence-electron chi connectivity index (χ0n) is 13.5. The lowest BCUT2D eigenvalue weighted by Gasteiger charge is -2.38. The Labute approximate surface area is 121 Å². The molecule has 0 saturated heterocycles. The number of nitrogens with two attached hydrogens (primary N) is 1. The molecule has 19 heavy (non-hydrogen) atoms. The number of hydrogen-bond donors (Lipinski definition) is 1. The fraction of sp³-hybridized carbons (Fsp3) is 1.00. The summed E-state index contributed by atoms with van der Waals surface area (Å²) in [6.45, 7) is 8.04. The molecule has 0 aromatic heterocycles. The molecule has 2 atom stereocenters. The van der Waals surface area contributed by atoms with Gasteiger partial charge in [0.1, 0.15) is 0 Å².